The quantitative estimate of drug-likeness (QED) is 0.717. The minimum atomic E-state index is -0.169. The molecule has 1 saturated heterocycles. The van der Waals surface area contributed by atoms with Crippen LogP contribution in [0.25, 0.3) is 0 Å². The number of hydrogen-bond acceptors (Lipinski definition) is 4. The molecule has 1 unspecified atom stereocenters. The second-order valence-electron chi connectivity index (χ2n) is 7.10. The zero-order valence-corrected chi connectivity index (χ0v) is 16.6. The van der Waals surface area contributed by atoms with Crippen molar-refractivity contribution in [3.05, 3.63) is 53.6 Å². The number of carbonyl (C=O) groups excluding carboxylic acids is 2. The summed E-state index contributed by atoms with van der Waals surface area (Å²) >= 11 is 1.60. The Morgan fingerprint density at radius 3 is 2.86 bits per heavy atom. The summed E-state index contributed by atoms with van der Waals surface area (Å²) in [5.41, 5.74) is 2.22. The molecule has 2 aromatic carbocycles. The molecule has 0 spiro atoms. The molecule has 0 aromatic heterocycles. The second kappa shape index (κ2) is 8.24. The third-order valence-corrected chi connectivity index (χ3v) is 6.58. The number of carbonyl (C=O) groups is 2. The van der Waals surface area contributed by atoms with E-state index in [9.17, 15) is 9.59 Å². The lowest BCUT2D eigenvalue weighted by atomic mass is 10.1. The summed E-state index contributed by atoms with van der Waals surface area (Å²) in [6, 6.07) is 13.1. The summed E-state index contributed by atoms with van der Waals surface area (Å²) in [6.07, 6.45) is 2.36. The zero-order chi connectivity index (χ0) is 19.5. The number of anilines is 1. The van der Waals surface area contributed by atoms with Crippen LogP contribution in [0.1, 0.15) is 28.8 Å². The molecule has 146 valence electrons. The Balaban J connectivity index is 1.43. The Labute approximate surface area is 168 Å². The van der Waals surface area contributed by atoms with Gasteiger partial charge < -0.3 is 20.3 Å². The van der Waals surface area contributed by atoms with Gasteiger partial charge in [0, 0.05) is 29.8 Å². The normalized spacial score (nSPS) is 19.0. The van der Waals surface area contributed by atoms with Gasteiger partial charge in [0.2, 0.25) is 5.37 Å². The predicted octanol–water partition coefficient (Wildman–Crippen LogP) is 1.67. The van der Waals surface area contributed by atoms with Gasteiger partial charge in [-0.2, -0.15) is 0 Å². The Kier molecular flexibility index (Phi) is 5.54. The van der Waals surface area contributed by atoms with E-state index in [1.165, 1.54) is 17.7 Å². The number of amides is 2. The Morgan fingerprint density at radius 1 is 1.25 bits per heavy atom. The summed E-state index contributed by atoms with van der Waals surface area (Å²) in [6.45, 7) is 2.50. The number of hydrogen-bond donors (Lipinski definition) is 3. The van der Waals surface area contributed by atoms with E-state index in [4.69, 9.17) is 4.74 Å². The minimum Gasteiger partial charge on any atom is -0.497 e. The van der Waals surface area contributed by atoms with Gasteiger partial charge in [-0.05, 0) is 35.9 Å². The van der Waals surface area contributed by atoms with Gasteiger partial charge >= 0.3 is 0 Å². The van der Waals surface area contributed by atoms with Crippen molar-refractivity contribution in [2.24, 2.45) is 0 Å². The Hall–Kier alpha value is -2.51. The van der Waals surface area contributed by atoms with Crippen molar-refractivity contribution in [2.45, 2.75) is 29.7 Å². The van der Waals surface area contributed by atoms with E-state index in [-0.39, 0.29) is 17.2 Å². The topological polar surface area (TPSA) is 71.9 Å². The molecule has 2 aliphatic heterocycles. The Morgan fingerprint density at radius 2 is 2.07 bits per heavy atom. The number of rotatable bonds is 5. The van der Waals surface area contributed by atoms with Gasteiger partial charge in [0.25, 0.3) is 11.8 Å². The standard InChI is InChI=1S/C21H23N3O3S/c1-27-16-6-4-5-14(11-16)13-22-19(25)15-7-8-18-17(12-15)23-20(26)21(28-18)24-9-2-3-10-24/h4-8,11-12,21H,2-3,9-10,13H2,1H3,(H,22,25)(H,23,26)/p+1. The predicted molar refractivity (Wildman–Crippen MR) is 109 cm³/mol. The molecule has 6 nitrogen and oxygen atoms in total. The molecular formula is C21H24N3O3S+. The first-order valence-corrected chi connectivity index (χ1v) is 10.4. The lowest BCUT2D eigenvalue weighted by molar-refractivity contribution is -0.888. The van der Waals surface area contributed by atoms with Crippen LogP contribution >= 0.6 is 11.8 Å². The molecule has 0 saturated carbocycles. The summed E-state index contributed by atoms with van der Waals surface area (Å²) in [4.78, 5) is 27.4. The van der Waals surface area contributed by atoms with Crippen molar-refractivity contribution in [2.75, 3.05) is 25.5 Å². The van der Waals surface area contributed by atoms with Crippen LogP contribution in [-0.2, 0) is 11.3 Å². The molecule has 0 aliphatic carbocycles. The maximum absolute atomic E-state index is 12.5. The van der Waals surface area contributed by atoms with Crippen LogP contribution in [0.5, 0.6) is 5.75 Å². The monoisotopic (exact) mass is 398 g/mol. The van der Waals surface area contributed by atoms with Crippen molar-refractivity contribution < 1.29 is 19.2 Å². The second-order valence-corrected chi connectivity index (χ2v) is 8.24. The molecule has 1 atom stereocenters. The van der Waals surface area contributed by atoms with Crippen LogP contribution in [0.4, 0.5) is 5.69 Å². The van der Waals surface area contributed by atoms with Gasteiger partial charge in [0.05, 0.1) is 25.9 Å². The number of quaternary nitrogens is 1. The highest BCUT2D eigenvalue weighted by Gasteiger charge is 2.37. The molecule has 7 heteroatoms. The van der Waals surface area contributed by atoms with E-state index >= 15 is 0 Å². The lowest BCUT2D eigenvalue weighted by Gasteiger charge is -2.28. The maximum Gasteiger partial charge on any atom is 0.294 e. The van der Waals surface area contributed by atoms with Crippen LogP contribution in [0.3, 0.4) is 0 Å². The third kappa shape index (κ3) is 4.00. The zero-order valence-electron chi connectivity index (χ0n) is 15.8. The van der Waals surface area contributed by atoms with Gasteiger partial charge in [0.15, 0.2) is 0 Å². The van der Waals surface area contributed by atoms with Crippen molar-refractivity contribution >= 4 is 29.3 Å². The molecular weight excluding hydrogens is 374 g/mol. The highest BCUT2D eigenvalue weighted by atomic mass is 32.2. The number of fused-ring (bicyclic) bond motifs is 1. The van der Waals surface area contributed by atoms with E-state index in [0.717, 1.165) is 35.0 Å². The maximum atomic E-state index is 12.5. The average molecular weight is 399 g/mol. The van der Waals surface area contributed by atoms with Gasteiger partial charge in [-0.15, -0.1) is 0 Å². The first-order chi connectivity index (χ1) is 13.6. The average Bonchev–Trinajstić information content (AvgIpc) is 3.25. The van der Waals surface area contributed by atoms with Crippen LogP contribution in [0.15, 0.2) is 47.4 Å². The van der Waals surface area contributed by atoms with Crippen LogP contribution in [0, 0.1) is 0 Å². The summed E-state index contributed by atoms with van der Waals surface area (Å²) in [5.74, 6) is 0.621. The molecule has 4 rings (SSSR count). The van der Waals surface area contributed by atoms with E-state index in [0.29, 0.717) is 12.1 Å². The smallest absolute Gasteiger partial charge is 0.294 e. The van der Waals surface area contributed by atoms with E-state index in [2.05, 4.69) is 10.6 Å². The van der Waals surface area contributed by atoms with Crippen molar-refractivity contribution in [1.82, 2.24) is 5.32 Å². The van der Waals surface area contributed by atoms with Crippen LogP contribution < -0.4 is 20.3 Å². The van der Waals surface area contributed by atoms with Gasteiger partial charge in [-0.25, -0.2) is 0 Å². The fraction of sp³-hybridized carbons (Fsp3) is 0.333. The van der Waals surface area contributed by atoms with E-state index < -0.39 is 0 Å². The first-order valence-electron chi connectivity index (χ1n) is 9.51. The highest BCUT2D eigenvalue weighted by Crippen LogP contribution is 2.34. The van der Waals surface area contributed by atoms with Crippen molar-refractivity contribution in [3.8, 4) is 5.75 Å². The molecule has 1 fully saturated rings. The molecule has 28 heavy (non-hydrogen) atoms. The summed E-state index contributed by atoms with van der Waals surface area (Å²) in [7, 11) is 1.62. The molecule has 0 bridgehead atoms. The number of thioether (sulfide) groups is 1. The number of nitrogens with one attached hydrogen (secondary N) is 3. The highest BCUT2D eigenvalue weighted by molar-refractivity contribution is 8.00. The van der Waals surface area contributed by atoms with E-state index in [1.807, 2.05) is 36.4 Å². The molecule has 2 heterocycles. The largest absolute Gasteiger partial charge is 0.497 e. The first kappa shape index (κ1) is 18.8. The fourth-order valence-corrected chi connectivity index (χ4v) is 4.88. The van der Waals surface area contributed by atoms with Crippen molar-refractivity contribution in [3.63, 3.8) is 0 Å². The minimum absolute atomic E-state index is 0.0309. The molecule has 3 N–H and O–H groups in total. The molecule has 0 radical (unpaired) electrons. The van der Waals surface area contributed by atoms with Crippen LogP contribution in [0.2, 0.25) is 0 Å². The number of ether oxygens (including phenoxy) is 1. The molecule has 2 amide bonds. The lowest BCUT2D eigenvalue weighted by Crippen LogP contribution is -3.14. The van der Waals surface area contributed by atoms with Gasteiger partial charge in [-0.3, -0.25) is 9.59 Å². The van der Waals surface area contributed by atoms with Gasteiger partial charge in [0.1, 0.15) is 5.75 Å². The SMILES string of the molecule is COc1cccc(CNC(=O)c2ccc3c(c2)NC(=O)C([NH+]2CCCC2)S3)c1. The number of methoxy groups -OCH3 is 1. The summed E-state index contributed by atoms with van der Waals surface area (Å²) < 4.78 is 5.21. The fourth-order valence-electron chi connectivity index (χ4n) is 3.68. The van der Waals surface area contributed by atoms with Gasteiger partial charge in [-0.1, -0.05) is 23.9 Å². The van der Waals surface area contributed by atoms with Crippen LogP contribution in [-0.4, -0.2) is 37.4 Å². The van der Waals surface area contributed by atoms with E-state index in [1.54, 1.807) is 24.9 Å². The third-order valence-electron chi connectivity index (χ3n) is 5.19. The van der Waals surface area contributed by atoms with Crippen molar-refractivity contribution in [1.29, 1.82) is 0 Å². The molecule has 2 aliphatic rings. The Bertz CT molecular complexity index is 896. The number of likely N-dealkylation sites (tertiary alicyclic amines) is 1. The molecule has 2 aromatic rings. The number of benzene rings is 2. The summed E-state index contributed by atoms with van der Waals surface area (Å²) in [5, 5.41) is 5.82.